The number of benzene rings is 1. The van der Waals surface area contributed by atoms with Gasteiger partial charge in [0.25, 0.3) is 0 Å². The van der Waals surface area contributed by atoms with Gasteiger partial charge in [0.2, 0.25) is 0 Å². The minimum absolute atomic E-state index is 0.666. The van der Waals surface area contributed by atoms with Crippen LogP contribution in [0.2, 0.25) is 0 Å². The quantitative estimate of drug-likeness (QED) is 0.863. The Hall–Kier alpha value is -1.22. The fourth-order valence-corrected chi connectivity index (χ4v) is 3.84. The summed E-state index contributed by atoms with van der Waals surface area (Å²) in [5.41, 5.74) is 1.28. The second kappa shape index (κ2) is 6.04. The predicted octanol–water partition coefficient (Wildman–Crippen LogP) is 3.37. The molecular weight excluding hydrogens is 250 g/mol. The molecule has 0 radical (unpaired) electrons. The number of methoxy groups -OCH3 is 1. The lowest BCUT2D eigenvalue weighted by Crippen LogP contribution is -2.33. The van der Waals surface area contributed by atoms with Crippen LogP contribution in [-0.2, 0) is 6.54 Å². The minimum Gasteiger partial charge on any atom is -0.493 e. The maximum absolute atomic E-state index is 5.64. The SMILES string of the molecule is CCOc1cc(CNC2CC3CCC2C3)ccc1OC. The highest BCUT2D eigenvalue weighted by Crippen LogP contribution is 2.44. The molecule has 2 bridgehead atoms. The third kappa shape index (κ3) is 2.78. The number of rotatable bonds is 6. The molecule has 3 atom stereocenters. The van der Waals surface area contributed by atoms with Gasteiger partial charge in [0, 0.05) is 12.6 Å². The number of hydrogen-bond donors (Lipinski definition) is 1. The summed E-state index contributed by atoms with van der Waals surface area (Å²) in [6, 6.07) is 6.96. The van der Waals surface area contributed by atoms with Gasteiger partial charge in [-0.1, -0.05) is 12.5 Å². The summed E-state index contributed by atoms with van der Waals surface area (Å²) in [5, 5.41) is 3.74. The Labute approximate surface area is 121 Å². The van der Waals surface area contributed by atoms with Gasteiger partial charge in [-0.2, -0.15) is 0 Å². The number of fused-ring (bicyclic) bond motifs is 2. The van der Waals surface area contributed by atoms with Crippen molar-refractivity contribution in [2.45, 2.75) is 45.2 Å². The molecule has 1 N–H and O–H groups in total. The zero-order valence-electron chi connectivity index (χ0n) is 12.5. The van der Waals surface area contributed by atoms with Crippen molar-refractivity contribution < 1.29 is 9.47 Å². The fourth-order valence-electron chi connectivity index (χ4n) is 3.84. The van der Waals surface area contributed by atoms with Crippen LogP contribution in [0.5, 0.6) is 11.5 Å². The molecule has 3 heteroatoms. The summed E-state index contributed by atoms with van der Waals surface area (Å²) < 4.78 is 11.0. The van der Waals surface area contributed by atoms with Crippen LogP contribution in [0, 0.1) is 11.8 Å². The molecule has 20 heavy (non-hydrogen) atoms. The van der Waals surface area contributed by atoms with Gasteiger partial charge < -0.3 is 14.8 Å². The van der Waals surface area contributed by atoms with Crippen LogP contribution in [-0.4, -0.2) is 19.8 Å². The first kappa shape index (κ1) is 13.7. The van der Waals surface area contributed by atoms with E-state index in [9.17, 15) is 0 Å². The van der Waals surface area contributed by atoms with Gasteiger partial charge in [-0.15, -0.1) is 0 Å². The molecule has 110 valence electrons. The normalized spacial score (nSPS) is 27.8. The van der Waals surface area contributed by atoms with E-state index in [1.54, 1.807) is 7.11 Å². The standard InChI is InChI=1S/C17H25NO2/c1-3-20-17-10-13(5-7-16(17)19-2)11-18-15-9-12-4-6-14(15)8-12/h5,7,10,12,14-15,18H,3-4,6,8-9,11H2,1-2H3. The van der Waals surface area contributed by atoms with Gasteiger partial charge in [-0.05, 0) is 55.7 Å². The lowest BCUT2D eigenvalue weighted by Gasteiger charge is -2.23. The fraction of sp³-hybridized carbons (Fsp3) is 0.647. The molecule has 3 rings (SSSR count). The van der Waals surface area contributed by atoms with Gasteiger partial charge in [0.1, 0.15) is 0 Å². The van der Waals surface area contributed by atoms with Crippen molar-refractivity contribution in [2.75, 3.05) is 13.7 Å². The Kier molecular flexibility index (Phi) is 4.16. The third-order valence-electron chi connectivity index (χ3n) is 4.83. The van der Waals surface area contributed by atoms with E-state index < -0.39 is 0 Å². The molecule has 3 unspecified atom stereocenters. The Morgan fingerprint density at radius 1 is 1.20 bits per heavy atom. The van der Waals surface area contributed by atoms with Crippen LogP contribution < -0.4 is 14.8 Å². The smallest absolute Gasteiger partial charge is 0.161 e. The molecule has 1 aromatic carbocycles. The van der Waals surface area contributed by atoms with Crippen LogP contribution in [0.25, 0.3) is 0 Å². The van der Waals surface area contributed by atoms with Crippen molar-refractivity contribution in [1.82, 2.24) is 5.32 Å². The summed E-state index contributed by atoms with van der Waals surface area (Å²) in [7, 11) is 1.69. The zero-order chi connectivity index (χ0) is 13.9. The van der Waals surface area contributed by atoms with Gasteiger partial charge in [0.05, 0.1) is 13.7 Å². The van der Waals surface area contributed by atoms with Crippen LogP contribution in [0.4, 0.5) is 0 Å². The first-order valence-corrected chi connectivity index (χ1v) is 7.83. The highest BCUT2D eigenvalue weighted by molar-refractivity contribution is 5.42. The second-order valence-electron chi connectivity index (χ2n) is 6.08. The second-order valence-corrected chi connectivity index (χ2v) is 6.08. The summed E-state index contributed by atoms with van der Waals surface area (Å²) in [6.45, 7) is 3.59. The average Bonchev–Trinajstić information content (AvgIpc) is 3.08. The van der Waals surface area contributed by atoms with Crippen molar-refractivity contribution in [1.29, 1.82) is 0 Å². The molecule has 0 heterocycles. The third-order valence-corrected chi connectivity index (χ3v) is 4.83. The highest BCUT2D eigenvalue weighted by Gasteiger charge is 2.38. The molecule has 2 aliphatic rings. The highest BCUT2D eigenvalue weighted by atomic mass is 16.5. The Morgan fingerprint density at radius 2 is 2.10 bits per heavy atom. The van der Waals surface area contributed by atoms with E-state index in [0.29, 0.717) is 6.61 Å². The molecule has 2 fully saturated rings. The monoisotopic (exact) mass is 275 g/mol. The van der Waals surface area contributed by atoms with Gasteiger partial charge in [-0.3, -0.25) is 0 Å². The Bertz CT molecular complexity index is 460. The molecule has 0 amide bonds. The maximum atomic E-state index is 5.64. The van der Waals surface area contributed by atoms with Crippen molar-refractivity contribution in [2.24, 2.45) is 11.8 Å². The van der Waals surface area contributed by atoms with Crippen LogP contribution in [0.3, 0.4) is 0 Å². The molecule has 0 spiro atoms. The van der Waals surface area contributed by atoms with Crippen LogP contribution in [0.15, 0.2) is 18.2 Å². The summed E-state index contributed by atoms with van der Waals surface area (Å²) >= 11 is 0. The minimum atomic E-state index is 0.666. The molecule has 3 nitrogen and oxygen atoms in total. The van der Waals surface area contributed by atoms with Crippen molar-refractivity contribution in [3.05, 3.63) is 23.8 Å². The van der Waals surface area contributed by atoms with E-state index in [-0.39, 0.29) is 0 Å². The first-order chi connectivity index (χ1) is 9.80. The van der Waals surface area contributed by atoms with E-state index in [0.717, 1.165) is 35.9 Å². The van der Waals surface area contributed by atoms with E-state index in [2.05, 4.69) is 17.4 Å². The van der Waals surface area contributed by atoms with E-state index in [1.807, 2.05) is 13.0 Å². The maximum Gasteiger partial charge on any atom is 0.161 e. The van der Waals surface area contributed by atoms with Crippen molar-refractivity contribution in [3.63, 3.8) is 0 Å². The average molecular weight is 275 g/mol. The number of nitrogens with one attached hydrogen (secondary N) is 1. The van der Waals surface area contributed by atoms with Crippen molar-refractivity contribution >= 4 is 0 Å². The van der Waals surface area contributed by atoms with Gasteiger partial charge in [-0.25, -0.2) is 0 Å². The first-order valence-electron chi connectivity index (χ1n) is 7.83. The van der Waals surface area contributed by atoms with E-state index in [4.69, 9.17) is 9.47 Å². The number of ether oxygens (including phenoxy) is 2. The van der Waals surface area contributed by atoms with Crippen LogP contribution in [0.1, 0.15) is 38.2 Å². The zero-order valence-corrected chi connectivity index (χ0v) is 12.5. The molecule has 0 saturated heterocycles. The topological polar surface area (TPSA) is 30.5 Å². The molecule has 0 aromatic heterocycles. The predicted molar refractivity (Wildman–Crippen MR) is 80.2 cm³/mol. The molecule has 2 saturated carbocycles. The number of hydrogen-bond acceptors (Lipinski definition) is 3. The molecule has 0 aliphatic heterocycles. The molecule has 1 aromatic rings. The summed E-state index contributed by atoms with van der Waals surface area (Å²) in [5.74, 6) is 3.58. The largest absolute Gasteiger partial charge is 0.493 e. The van der Waals surface area contributed by atoms with E-state index >= 15 is 0 Å². The van der Waals surface area contributed by atoms with Gasteiger partial charge >= 0.3 is 0 Å². The molecular formula is C17H25NO2. The lowest BCUT2D eigenvalue weighted by molar-refractivity contribution is 0.310. The van der Waals surface area contributed by atoms with Gasteiger partial charge in [0.15, 0.2) is 11.5 Å². The lowest BCUT2D eigenvalue weighted by atomic mass is 9.95. The molecule has 2 aliphatic carbocycles. The van der Waals surface area contributed by atoms with Crippen LogP contribution >= 0.6 is 0 Å². The summed E-state index contributed by atoms with van der Waals surface area (Å²) in [6.07, 6.45) is 5.71. The van der Waals surface area contributed by atoms with Crippen molar-refractivity contribution in [3.8, 4) is 11.5 Å². The van der Waals surface area contributed by atoms with E-state index in [1.165, 1.54) is 31.2 Å². The Balaban J connectivity index is 1.61. The summed E-state index contributed by atoms with van der Waals surface area (Å²) in [4.78, 5) is 0. The Morgan fingerprint density at radius 3 is 2.75 bits per heavy atom.